The summed E-state index contributed by atoms with van der Waals surface area (Å²) < 4.78 is 0. The van der Waals surface area contributed by atoms with Gasteiger partial charge >= 0.3 is 0 Å². The van der Waals surface area contributed by atoms with Crippen molar-refractivity contribution in [2.24, 2.45) is 0 Å². The highest BCUT2D eigenvalue weighted by Crippen LogP contribution is 2.22. The number of nitrogens with one attached hydrogen (secondary N) is 1. The van der Waals surface area contributed by atoms with E-state index < -0.39 is 5.41 Å². The van der Waals surface area contributed by atoms with Gasteiger partial charge in [-0.2, -0.15) is 0 Å². The van der Waals surface area contributed by atoms with Crippen molar-refractivity contribution in [1.82, 2.24) is 5.32 Å². The molecule has 1 N–H and O–H groups in total. The third-order valence-electron chi connectivity index (χ3n) is 2.85. The van der Waals surface area contributed by atoms with Gasteiger partial charge in [0.2, 0.25) is 5.91 Å². The van der Waals surface area contributed by atoms with Crippen molar-refractivity contribution in [3.8, 4) is 12.3 Å². The van der Waals surface area contributed by atoms with E-state index in [2.05, 4.69) is 11.2 Å². The van der Waals surface area contributed by atoms with Crippen LogP contribution in [-0.4, -0.2) is 12.5 Å². The quantitative estimate of drug-likeness (QED) is 0.610. The lowest BCUT2D eigenvalue weighted by molar-refractivity contribution is -0.125. The van der Waals surface area contributed by atoms with Gasteiger partial charge in [-0.15, -0.1) is 12.3 Å². The number of hydrogen-bond donors (Lipinski definition) is 1. The van der Waals surface area contributed by atoms with Gasteiger partial charge < -0.3 is 5.32 Å². The topological polar surface area (TPSA) is 29.1 Å². The van der Waals surface area contributed by atoms with Crippen molar-refractivity contribution in [1.29, 1.82) is 0 Å². The summed E-state index contributed by atoms with van der Waals surface area (Å²) in [4.78, 5) is 12.1. The number of hydrogen-bond acceptors (Lipinski definition) is 1. The van der Waals surface area contributed by atoms with Gasteiger partial charge in [0.1, 0.15) is 0 Å². The van der Waals surface area contributed by atoms with Crippen LogP contribution in [0.25, 0.3) is 0 Å². The van der Waals surface area contributed by atoms with E-state index in [1.54, 1.807) is 0 Å². The van der Waals surface area contributed by atoms with Gasteiger partial charge in [-0.1, -0.05) is 30.3 Å². The van der Waals surface area contributed by atoms with Crippen molar-refractivity contribution in [2.45, 2.75) is 32.1 Å². The summed E-state index contributed by atoms with van der Waals surface area (Å²) in [6.45, 7) is 4.50. The summed E-state index contributed by atoms with van der Waals surface area (Å²) in [6, 6.07) is 9.79. The van der Waals surface area contributed by atoms with Gasteiger partial charge in [-0.05, 0) is 25.8 Å². The van der Waals surface area contributed by atoms with Gasteiger partial charge in [-0.25, -0.2) is 0 Å². The Morgan fingerprint density at radius 2 is 2.00 bits per heavy atom. The first-order valence-electron chi connectivity index (χ1n) is 5.86. The molecule has 0 spiro atoms. The summed E-state index contributed by atoms with van der Waals surface area (Å²) in [5, 5.41) is 2.92. The Labute approximate surface area is 103 Å². The standard InChI is InChI=1S/C15H19NO/c1-4-5-9-12-16-14(17)15(2,3)13-10-7-6-8-11-13/h1,6-8,10-11H,5,9,12H2,2-3H3,(H,16,17). The summed E-state index contributed by atoms with van der Waals surface area (Å²) in [5.74, 6) is 2.60. The number of carbonyl (C=O) groups excluding carboxylic acids is 1. The van der Waals surface area contributed by atoms with Gasteiger partial charge in [-0.3, -0.25) is 4.79 Å². The Bertz CT molecular complexity index is 401. The zero-order valence-electron chi connectivity index (χ0n) is 10.5. The smallest absolute Gasteiger partial charge is 0.230 e. The molecule has 0 fully saturated rings. The number of amides is 1. The fraction of sp³-hybridized carbons (Fsp3) is 0.400. The monoisotopic (exact) mass is 229 g/mol. The van der Waals surface area contributed by atoms with Crippen LogP contribution < -0.4 is 5.32 Å². The highest BCUT2D eigenvalue weighted by Gasteiger charge is 2.28. The molecule has 1 aromatic carbocycles. The maximum absolute atomic E-state index is 12.1. The molecule has 0 saturated carbocycles. The lowest BCUT2D eigenvalue weighted by Gasteiger charge is -2.24. The first-order valence-corrected chi connectivity index (χ1v) is 5.86. The summed E-state index contributed by atoms with van der Waals surface area (Å²) in [7, 11) is 0. The van der Waals surface area contributed by atoms with E-state index in [0.717, 1.165) is 12.0 Å². The van der Waals surface area contributed by atoms with E-state index in [0.29, 0.717) is 13.0 Å². The van der Waals surface area contributed by atoms with E-state index in [4.69, 9.17) is 6.42 Å². The molecule has 0 aliphatic rings. The minimum Gasteiger partial charge on any atom is -0.355 e. The Balaban J connectivity index is 2.59. The molecule has 17 heavy (non-hydrogen) atoms. The Kier molecular flexibility index (Phi) is 4.78. The fourth-order valence-corrected chi connectivity index (χ4v) is 1.60. The zero-order valence-corrected chi connectivity index (χ0v) is 10.5. The van der Waals surface area contributed by atoms with Crippen molar-refractivity contribution >= 4 is 5.91 Å². The maximum atomic E-state index is 12.1. The van der Waals surface area contributed by atoms with E-state index in [-0.39, 0.29) is 5.91 Å². The fourth-order valence-electron chi connectivity index (χ4n) is 1.60. The second-order valence-electron chi connectivity index (χ2n) is 4.55. The van der Waals surface area contributed by atoms with Crippen LogP contribution >= 0.6 is 0 Å². The van der Waals surface area contributed by atoms with E-state index in [9.17, 15) is 4.79 Å². The first kappa shape index (κ1) is 13.3. The maximum Gasteiger partial charge on any atom is 0.230 e. The molecule has 0 aromatic heterocycles. The highest BCUT2D eigenvalue weighted by atomic mass is 16.2. The molecule has 90 valence electrons. The average molecular weight is 229 g/mol. The second-order valence-corrected chi connectivity index (χ2v) is 4.55. The van der Waals surface area contributed by atoms with Crippen molar-refractivity contribution < 1.29 is 4.79 Å². The Hall–Kier alpha value is -1.75. The third-order valence-corrected chi connectivity index (χ3v) is 2.85. The summed E-state index contributed by atoms with van der Waals surface area (Å²) >= 11 is 0. The van der Waals surface area contributed by atoms with Gasteiger partial charge in [0.05, 0.1) is 5.41 Å². The van der Waals surface area contributed by atoms with Crippen molar-refractivity contribution in [2.75, 3.05) is 6.54 Å². The molecule has 0 saturated heterocycles. The van der Waals surface area contributed by atoms with Crippen LogP contribution in [0.1, 0.15) is 32.3 Å². The molecule has 1 rings (SSSR count). The minimum absolute atomic E-state index is 0.0423. The number of unbranched alkanes of at least 4 members (excludes halogenated alkanes) is 1. The second kappa shape index (κ2) is 6.10. The van der Waals surface area contributed by atoms with Crippen molar-refractivity contribution in [3.63, 3.8) is 0 Å². The Morgan fingerprint density at radius 1 is 1.35 bits per heavy atom. The van der Waals surface area contributed by atoms with Crippen LogP contribution in [0.4, 0.5) is 0 Å². The molecule has 0 aliphatic heterocycles. The van der Waals surface area contributed by atoms with Crippen LogP contribution in [0.15, 0.2) is 30.3 Å². The summed E-state index contributed by atoms with van der Waals surface area (Å²) in [6.07, 6.45) is 6.69. The van der Waals surface area contributed by atoms with Crippen molar-refractivity contribution in [3.05, 3.63) is 35.9 Å². The van der Waals surface area contributed by atoms with Crippen LogP contribution in [0.5, 0.6) is 0 Å². The van der Waals surface area contributed by atoms with Gasteiger partial charge in [0.25, 0.3) is 0 Å². The lowest BCUT2D eigenvalue weighted by atomic mass is 9.84. The first-order chi connectivity index (χ1) is 8.09. The normalized spacial score (nSPS) is 10.6. The average Bonchev–Trinajstić information content (AvgIpc) is 2.35. The molecular weight excluding hydrogens is 210 g/mol. The molecule has 0 atom stereocenters. The van der Waals surface area contributed by atoms with E-state index in [1.165, 1.54) is 0 Å². The molecule has 0 aliphatic carbocycles. The van der Waals surface area contributed by atoms with Crippen LogP contribution in [0.3, 0.4) is 0 Å². The zero-order chi connectivity index (χ0) is 12.7. The SMILES string of the molecule is C#CCCCNC(=O)C(C)(C)c1ccccc1. The lowest BCUT2D eigenvalue weighted by Crippen LogP contribution is -2.40. The number of carbonyl (C=O) groups is 1. The molecule has 1 aromatic rings. The molecule has 0 unspecified atom stereocenters. The molecule has 0 bridgehead atoms. The number of rotatable bonds is 5. The number of terminal acetylenes is 1. The number of benzene rings is 1. The van der Waals surface area contributed by atoms with Crippen LogP contribution in [0.2, 0.25) is 0 Å². The van der Waals surface area contributed by atoms with Gasteiger partial charge in [0.15, 0.2) is 0 Å². The Morgan fingerprint density at radius 3 is 2.59 bits per heavy atom. The predicted octanol–water partition coefficient (Wildman–Crippen LogP) is 2.49. The molecule has 0 heterocycles. The van der Waals surface area contributed by atoms with Gasteiger partial charge in [0, 0.05) is 13.0 Å². The van der Waals surface area contributed by atoms with Crippen LogP contribution in [-0.2, 0) is 10.2 Å². The molecular formula is C15H19NO. The predicted molar refractivity (Wildman–Crippen MR) is 70.5 cm³/mol. The molecule has 2 nitrogen and oxygen atoms in total. The third kappa shape index (κ3) is 3.64. The van der Waals surface area contributed by atoms with E-state index >= 15 is 0 Å². The molecule has 0 radical (unpaired) electrons. The molecule has 1 amide bonds. The van der Waals surface area contributed by atoms with Crippen LogP contribution in [0, 0.1) is 12.3 Å². The highest BCUT2D eigenvalue weighted by molar-refractivity contribution is 5.87. The minimum atomic E-state index is -0.503. The summed E-state index contributed by atoms with van der Waals surface area (Å²) in [5.41, 5.74) is 0.520. The van der Waals surface area contributed by atoms with E-state index in [1.807, 2.05) is 44.2 Å². The molecule has 2 heteroatoms. The largest absolute Gasteiger partial charge is 0.355 e.